The van der Waals surface area contributed by atoms with E-state index in [9.17, 15) is 4.79 Å². The lowest BCUT2D eigenvalue weighted by Crippen LogP contribution is -2.32. The van der Waals surface area contributed by atoms with Gasteiger partial charge in [0.15, 0.2) is 0 Å². The second kappa shape index (κ2) is 7.06. The zero-order chi connectivity index (χ0) is 16.1. The van der Waals surface area contributed by atoms with Crippen molar-refractivity contribution in [1.82, 2.24) is 4.90 Å². The first-order valence-corrected chi connectivity index (χ1v) is 7.73. The molecule has 0 N–H and O–H groups in total. The van der Waals surface area contributed by atoms with Crippen molar-refractivity contribution in [2.45, 2.75) is 25.3 Å². The minimum absolute atomic E-state index is 0.0426. The van der Waals surface area contributed by atoms with E-state index in [2.05, 4.69) is 5.92 Å². The fourth-order valence-electron chi connectivity index (χ4n) is 2.90. The Balaban J connectivity index is 1.71. The highest BCUT2D eigenvalue weighted by Gasteiger charge is 2.25. The molecule has 0 bridgehead atoms. The third-order valence-corrected chi connectivity index (χ3v) is 4.07. The Bertz CT molecular complexity index is 700. The third-order valence-electron chi connectivity index (χ3n) is 4.07. The fraction of sp³-hybridized carbons (Fsp3) is 0.316. The molecule has 4 heteroatoms. The molecule has 1 aromatic carbocycles. The van der Waals surface area contributed by atoms with Gasteiger partial charge in [0.1, 0.15) is 11.5 Å². The van der Waals surface area contributed by atoms with Crippen LogP contribution in [0.4, 0.5) is 0 Å². The van der Waals surface area contributed by atoms with Crippen LogP contribution in [-0.2, 0) is 11.3 Å². The predicted molar refractivity (Wildman–Crippen MR) is 86.9 cm³/mol. The molecule has 1 atom stereocenters. The van der Waals surface area contributed by atoms with Gasteiger partial charge >= 0.3 is 0 Å². The van der Waals surface area contributed by atoms with Crippen LogP contribution in [0.5, 0.6) is 5.75 Å². The zero-order valence-electron chi connectivity index (χ0n) is 12.9. The normalized spacial score (nSPS) is 16.0. The van der Waals surface area contributed by atoms with Crippen LogP contribution in [0.2, 0.25) is 0 Å². The first kappa shape index (κ1) is 15.2. The van der Waals surface area contributed by atoms with Gasteiger partial charge < -0.3 is 14.1 Å². The summed E-state index contributed by atoms with van der Waals surface area (Å²) in [5.41, 5.74) is 1.10. The molecular formula is C19H19NO3. The fourth-order valence-corrected chi connectivity index (χ4v) is 2.90. The maximum atomic E-state index is 12.7. The number of para-hydroxylation sites is 1. The molecule has 0 saturated heterocycles. The van der Waals surface area contributed by atoms with Crippen LogP contribution in [0.1, 0.15) is 30.1 Å². The molecule has 23 heavy (non-hydrogen) atoms. The smallest absolute Gasteiger partial charge is 0.224 e. The van der Waals surface area contributed by atoms with E-state index in [4.69, 9.17) is 15.6 Å². The van der Waals surface area contributed by atoms with Gasteiger partial charge in [-0.1, -0.05) is 24.1 Å². The Morgan fingerprint density at radius 2 is 2.17 bits per heavy atom. The number of hydrogen-bond donors (Lipinski definition) is 0. The number of carbonyl (C=O) groups excluding carboxylic acids is 1. The van der Waals surface area contributed by atoms with Crippen molar-refractivity contribution < 1.29 is 13.9 Å². The van der Waals surface area contributed by atoms with Crippen LogP contribution in [-0.4, -0.2) is 24.0 Å². The van der Waals surface area contributed by atoms with Crippen molar-refractivity contribution in [2.24, 2.45) is 0 Å². The molecule has 1 aromatic heterocycles. The maximum absolute atomic E-state index is 12.7. The van der Waals surface area contributed by atoms with Crippen molar-refractivity contribution in [2.75, 3.05) is 13.2 Å². The van der Waals surface area contributed by atoms with Gasteiger partial charge in [0.2, 0.25) is 5.91 Å². The summed E-state index contributed by atoms with van der Waals surface area (Å²) >= 11 is 0. The Morgan fingerprint density at radius 1 is 1.30 bits per heavy atom. The third kappa shape index (κ3) is 3.57. The molecule has 1 amide bonds. The van der Waals surface area contributed by atoms with Gasteiger partial charge in [0, 0.05) is 6.42 Å². The van der Waals surface area contributed by atoms with E-state index in [1.165, 1.54) is 0 Å². The van der Waals surface area contributed by atoms with E-state index in [0.717, 1.165) is 23.5 Å². The number of carbonyl (C=O) groups is 1. The van der Waals surface area contributed by atoms with E-state index in [0.29, 0.717) is 19.6 Å². The minimum Gasteiger partial charge on any atom is -0.493 e. The van der Waals surface area contributed by atoms with Crippen LogP contribution >= 0.6 is 0 Å². The summed E-state index contributed by atoms with van der Waals surface area (Å²) < 4.78 is 11.0. The van der Waals surface area contributed by atoms with Gasteiger partial charge in [-0.2, -0.15) is 0 Å². The van der Waals surface area contributed by atoms with E-state index < -0.39 is 0 Å². The first-order chi connectivity index (χ1) is 11.3. The molecule has 0 unspecified atom stereocenters. The molecule has 0 saturated carbocycles. The molecule has 0 aliphatic carbocycles. The molecule has 1 aliphatic heterocycles. The predicted octanol–water partition coefficient (Wildman–Crippen LogP) is 3.20. The van der Waals surface area contributed by atoms with Gasteiger partial charge in [-0.05, 0) is 36.1 Å². The largest absolute Gasteiger partial charge is 0.493 e. The lowest BCUT2D eigenvalue weighted by Gasteiger charge is -2.27. The molecule has 1 aliphatic rings. The van der Waals surface area contributed by atoms with Crippen molar-refractivity contribution >= 4 is 5.91 Å². The highest BCUT2D eigenvalue weighted by molar-refractivity contribution is 5.77. The minimum atomic E-state index is 0.0426. The number of rotatable bonds is 5. The number of ether oxygens (including phenoxy) is 1. The van der Waals surface area contributed by atoms with E-state index in [1.54, 1.807) is 11.2 Å². The average Bonchev–Trinajstić information content (AvgIpc) is 3.08. The summed E-state index contributed by atoms with van der Waals surface area (Å²) in [4.78, 5) is 14.3. The highest BCUT2D eigenvalue weighted by Crippen LogP contribution is 2.35. The lowest BCUT2D eigenvalue weighted by molar-refractivity contribution is -0.132. The molecule has 0 fully saturated rings. The molecule has 3 rings (SSSR count). The molecule has 4 nitrogen and oxygen atoms in total. The zero-order valence-corrected chi connectivity index (χ0v) is 12.9. The van der Waals surface area contributed by atoms with Gasteiger partial charge in [-0.3, -0.25) is 4.79 Å². The summed E-state index contributed by atoms with van der Waals surface area (Å²) in [7, 11) is 0. The van der Waals surface area contributed by atoms with Gasteiger partial charge in [0.25, 0.3) is 0 Å². The summed E-state index contributed by atoms with van der Waals surface area (Å²) in [6.07, 6.45) is 8.29. The Kier molecular flexibility index (Phi) is 4.68. The Hall–Kier alpha value is -2.67. The number of amides is 1. The van der Waals surface area contributed by atoms with E-state index >= 15 is 0 Å². The van der Waals surface area contributed by atoms with Gasteiger partial charge in [-0.25, -0.2) is 0 Å². The van der Waals surface area contributed by atoms with Crippen LogP contribution in [0.3, 0.4) is 0 Å². The van der Waals surface area contributed by atoms with Crippen LogP contribution in [0, 0.1) is 12.3 Å². The van der Waals surface area contributed by atoms with Crippen LogP contribution in [0.15, 0.2) is 47.1 Å². The molecule has 0 radical (unpaired) electrons. The Labute approximate surface area is 136 Å². The monoisotopic (exact) mass is 309 g/mol. The van der Waals surface area contributed by atoms with E-state index in [-0.39, 0.29) is 18.4 Å². The molecule has 118 valence electrons. The summed E-state index contributed by atoms with van der Waals surface area (Å²) in [6.45, 7) is 1.33. The second-order valence-corrected chi connectivity index (χ2v) is 5.61. The van der Waals surface area contributed by atoms with Crippen LogP contribution in [0.25, 0.3) is 0 Å². The summed E-state index contributed by atoms with van der Waals surface area (Å²) in [6, 6.07) is 11.6. The van der Waals surface area contributed by atoms with E-state index in [1.807, 2.05) is 36.4 Å². The summed E-state index contributed by atoms with van der Waals surface area (Å²) in [5, 5.41) is 0. The average molecular weight is 309 g/mol. The molecule has 2 aromatic rings. The number of hydrogen-bond acceptors (Lipinski definition) is 3. The van der Waals surface area contributed by atoms with Crippen LogP contribution < -0.4 is 4.74 Å². The first-order valence-electron chi connectivity index (χ1n) is 7.73. The number of fused-ring (bicyclic) bond motifs is 1. The molecular weight excluding hydrogens is 290 g/mol. The van der Waals surface area contributed by atoms with Crippen molar-refractivity contribution in [3.05, 3.63) is 54.0 Å². The topological polar surface area (TPSA) is 42.7 Å². The number of benzene rings is 1. The SMILES string of the molecule is C#CCN(Cc1ccco1)C(=O)C[C@@H]1CCOc2ccccc21. The lowest BCUT2D eigenvalue weighted by atomic mass is 9.90. The quantitative estimate of drug-likeness (QED) is 0.797. The second-order valence-electron chi connectivity index (χ2n) is 5.61. The number of nitrogens with zero attached hydrogens (tertiary/aromatic N) is 1. The van der Waals surface area contributed by atoms with Gasteiger partial charge in [-0.15, -0.1) is 6.42 Å². The number of furan rings is 1. The van der Waals surface area contributed by atoms with Crippen molar-refractivity contribution in [1.29, 1.82) is 0 Å². The Morgan fingerprint density at radius 3 is 2.96 bits per heavy atom. The van der Waals surface area contributed by atoms with Gasteiger partial charge in [0.05, 0.1) is 26.0 Å². The van der Waals surface area contributed by atoms with Crippen molar-refractivity contribution in [3.8, 4) is 18.1 Å². The van der Waals surface area contributed by atoms with Crippen molar-refractivity contribution in [3.63, 3.8) is 0 Å². The maximum Gasteiger partial charge on any atom is 0.224 e. The number of terminal acetylenes is 1. The standard InChI is InChI=1S/C19H19NO3/c1-2-10-20(14-16-6-5-11-22-16)19(21)13-15-9-12-23-18-8-4-3-7-17(15)18/h1,3-8,11,15H,9-10,12-14H2/t15-/m0/s1. The molecule has 2 heterocycles. The summed E-state index contributed by atoms with van der Waals surface area (Å²) in [5.74, 6) is 4.39. The molecule has 0 spiro atoms. The highest BCUT2D eigenvalue weighted by atomic mass is 16.5.